The molecule has 6 nitrogen and oxygen atoms in total. The Labute approximate surface area is 146 Å². The molecule has 0 bridgehead atoms. The summed E-state index contributed by atoms with van der Waals surface area (Å²) in [6.07, 6.45) is 0. The van der Waals surface area contributed by atoms with Crippen molar-refractivity contribution in [3.8, 4) is 0 Å². The zero-order valence-corrected chi connectivity index (χ0v) is 14.5. The minimum Gasteiger partial charge on any atom is -0.277 e. The van der Waals surface area contributed by atoms with Crippen LogP contribution in [0.4, 0.5) is 5.95 Å². The standard InChI is InChI=1S/C17H15BrN4O2/c1-2-22-16(24)13-8-3-4-9-14(13)19-17(22)21-20-15(23)11-6-5-7-12(18)10-11/h3-10H,2H2,1H3,(H,19,21)(H,20,23). The van der Waals surface area contributed by atoms with Crippen LogP contribution in [0.15, 0.2) is 57.8 Å². The molecule has 122 valence electrons. The van der Waals surface area contributed by atoms with E-state index in [9.17, 15) is 9.59 Å². The second kappa shape index (κ2) is 6.84. The minimum absolute atomic E-state index is 0.151. The van der Waals surface area contributed by atoms with Crippen molar-refractivity contribution in [3.05, 3.63) is 68.9 Å². The van der Waals surface area contributed by atoms with Crippen molar-refractivity contribution >= 4 is 38.7 Å². The Morgan fingerprint density at radius 3 is 2.75 bits per heavy atom. The smallest absolute Gasteiger partial charge is 0.269 e. The Hall–Kier alpha value is -2.67. The molecule has 0 aliphatic carbocycles. The zero-order valence-electron chi connectivity index (χ0n) is 12.9. The summed E-state index contributed by atoms with van der Waals surface area (Å²) < 4.78 is 2.29. The second-order valence-corrected chi connectivity index (χ2v) is 6.01. The molecule has 0 fully saturated rings. The number of carbonyl (C=O) groups excluding carboxylic acids is 1. The summed E-state index contributed by atoms with van der Waals surface area (Å²) >= 11 is 3.33. The molecule has 3 rings (SSSR count). The molecule has 0 atom stereocenters. The fourth-order valence-corrected chi connectivity index (χ4v) is 2.77. The van der Waals surface area contributed by atoms with Crippen LogP contribution in [0.5, 0.6) is 0 Å². The lowest BCUT2D eigenvalue weighted by molar-refractivity contribution is 0.0962. The Balaban J connectivity index is 1.90. The Morgan fingerprint density at radius 2 is 2.00 bits per heavy atom. The Morgan fingerprint density at radius 1 is 1.21 bits per heavy atom. The summed E-state index contributed by atoms with van der Waals surface area (Å²) in [5.41, 5.74) is 6.24. The van der Waals surface area contributed by atoms with Crippen molar-refractivity contribution in [2.75, 3.05) is 5.43 Å². The average molecular weight is 387 g/mol. The second-order valence-electron chi connectivity index (χ2n) is 5.09. The molecule has 0 aliphatic heterocycles. The molecule has 2 aromatic carbocycles. The summed E-state index contributed by atoms with van der Waals surface area (Å²) in [5, 5.41) is 0.545. The molecule has 24 heavy (non-hydrogen) atoms. The van der Waals surface area contributed by atoms with Gasteiger partial charge in [-0.2, -0.15) is 0 Å². The lowest BCUT2D eigenvalue weighted by Gasteiger charge is -2.14. The van der Waals surface area contributed by atoms with Gasteiger partial charge < -0.3 is 0 Å². The van der Waals surface area contributed by atoms with Gasteiger partial charge in [-0.05, 0) is 37.3 Å². The first-order valence-corrected chi connectivity index (χ1v) is 8.21. The topological polar surface area (TPSA) is 76.0 Å². The molecule has 2 N–H and O–H groups in total. The van der Waals surface area contributed by atoms with Gasteiger partial charge in [-0.15, -0.1) is 0 Å². The highest BCUT2D eigenvalue weighted by atomic mass is 79.9. The number of fused-ring (bicyclic) bond motifs is 1. The molecule has 0 saturated carbocycles. The summed E-state index contributed by atoms with van der Waals surface area (Å²) in [6, 6.07) is 14.1. The van der Waals surface area contributed by atoms with Crippen molar-refractivity contribution in [2.24, 2.45) is 0 Å². The summed E-state index contributed by atoms with van der Waals surface area (Å²) in [6.45, 7) is 2.28. The van der Waals surface area contributed by atoms with E-state index in [-0.39, 0.29) is 11.5 Å². The van der Waals surface area contributed by atoms with Crippen LogP contribution < -0.4 is 16.4 Å². The third-order valence-corrected chi connectivity index (χ3v) is 4.05. The van der Waals surface area contributed by atoms with Crippen molar-refractivity contribution in [1.82, 2.24) is 15.0 Å². The van der Waals surface area contributed by atoms with E-state index in [1.807, 2.05) is 19.1 Å². The van der Waals surface area contributed by atoms with E-state index in [1.165, 1.54) is 4.57 Å². The number of halogens is 1. The van der Waals surface area contributed by atoms with Gasteiger partial charge in [-0.25, -0.2) is 4.98 Å². The first-order chi connectivity index (χ1) is 11.6. The molecule has 0 spiro atoms. The van der Waals surface area contributed by atoms with Gasteiger partial charge in [0.05, 0.1) is 10.9 Å². The maximum Gasteiger partial charge on any atom is 0.269 e. The highest BCUT2D eigenvalue weighted by Crippen LogP contribution is 2.12. The van der Waals surface area contributed by atoms with Crippen LogP contribution in [0.25, 0.3) is 10.9 Å². The Bertz CT molecular complexity index is 968. The van der Waals surface area contributed by atoms with Crippen LogP contribution in [0, 0.1) is 0 Å². The van der Waals surface area contributed by atoms with Gasteiger partial charge in [0.1, 0.15) is 0 Å². The number of rotatable bonds is 4. The van der Waals surface area contributed by atoms with Crippen molar-refractivity contribution < 1.29 is 4.79 Å². The normalized spacial score (nSPS) is 10.6. The molecule has 1 heterocycles. The van der Waals surface area contributed by atoms with E-state index >= 15 is 0 Å². The predicted molar refractivity (Wildman–Crippen MR) is 96.9 cm³/mol. The molecule has 0 unspecified atom stereocenters. The lowest BCUT2D eigenvalue weighted by atomic mass is 10.2. The van der Waals surface area contributed by atoms with Crippen LogP contribution in [0.2, 0.25) is 0 Å². The van der Waals surface area contributed by atoms with Crippen molar-refractivity contribution in [3.63, 3.8) is 0 Å². The molecule has 3 aromatic rings. The number of carbonyl (C=O) groups is 1. The molecule has 7 heteroatoms. The molecule has 0 radical (unpaired) electrons. The number of nitrogens with one attached hydrogen (secondary N) is 2. The number of benzene rings is 2. The number of anilines is 1. The first-order valence-electron chi connectivity index (χ1n) is 7.41. The molecular weight excluding hydrogens is 372 g/mol. The molecule has 1 aromatic heterocycles. The molecule has 0 aliphatic rings. The van der Waals surface area contributed by atoms with Gasteiger partial charge in [0.25, 0.3) is 11.5 Å². The maximum absolute atomic E-state index is 12.5. The number of para-hydroxylation sites is 1. The van der Waals surface area contributed by atoms with E-state index in [2.05, 4.69) is 31.8 Å². The number of hydrazine groups is 1. The van der Waals surface area contributed by atoms with Crippen LogP contribution in [0.1, 0.15) is 17.3 Å². The summed E-state index contributed by atoms with van der Waals surface area (Å²) in [7, 11) is 0. The molecule has 1 amide bonds. The fraction of sp³-hybridized carbons (Fsp3) is 0.118. The van der Waals surface area contributed by atoms with Crippen molar-refractivity contribution in [2.45, 2.75) is 13.5 Å². The van der Waals surface area contributed by atoms with Crippen LogP contribution >= 0.6 is 15.9 Å². The van der Waals surface area contributed by atoms with Crippen LogP contribution in [-0.2, 0) is 6.54 Å². The number of hydrogen-bond donors (Lipinski definition) is 2. The van der Waals surface area contributed by atoms with Crippen LogP contribution in [0.3, 0.4) is 0 Å². The lowest BCUT2D eigenvalue weighted by Crippen LogP contribution is -2.34. The van der Waals surface area contributed by atoms with E-state index in [0.29, 0.717) is 29.0 Å². The SMILES string of the molecule is CCn1c(NNC(=O)c2cccc(Br)c2)nc2ccccc2c1=O. The van der Waals surface area contributed by atoms with E-state index in [4.69, 9.17) is 0 Å². The maximum atomic E-state index is 12.5. The summed E-state index contributed by atoms with van der Waals surface area (Å²) in [5.74, 6) is -0.0223. The average Bonchev–Trinajstić information content (AvgIpc) is 2.60. The highest BCUT2D eigenvalue weighted by Gasteiger charge is 2.11. The number of amides is 1. The highest BCUT2D eigenvalue weighted by molar-refractivity contribution is 9.10. The quantitative estimate of drug-likeness (QED) is 0.675. The number of hydrogen-bond acceptors (Lipinski definition) is 4. The zero-order chi connectivity index (χ0) is 17.1. The van der Waals surface area contributed by atoms with Gasteiger partial charge in [-0.1, -0.05) is 34.1 Å². The predicted octanol–water partition coefficient (Wildman–Crippen LogP) is 2.94. The van der Waals surface area contributed by atoms with Crippen molar-refractivity contribution in [1.29, 1.82) is 0 Å². The van der Waals surface area contributed by atoms with Gasteiger partial charge >= 0.3 is 0 Å². The van der Waals surface area contributed by atoms with Gasteiger partial charge in [-0.3, -0.25) is 25.0 Å². The third-order valence-electron chi connectivity index (χ3n) is 3.55. The molecule has 0 saturated heterocycles. The van der Waals surface area contributed by atoms with Gasteiger partial charge in [0, 0.05) is 16.6 Å². The summed E-state index contributed by atoms with van der Waals surface area (Å²) in [4.78, 5) is 29.1. The van der Waals surface area contributed by atoms with E-state index < -0.39 is 0 Å². The van der Waals surface area contributed by atoms with Crippen LogP contribution in [-0.4, -0.2) is 15.5 Å². The number of aromatic nitrogens is 2. The third kappa shape index (κ3) is 3.16. The van der Waals surface area contributed by atoms with Gasteiger partial charge in [0.2, 0.25) is 5.95 Å². The molecular formula is C17H15BrN4O2. The van der Waals surface area contributed by atoms with E-state index in [0.717, 1.165) is 4.47 Å². The monoisotopic (exact) mass is 386 g/mol. The first kappa shape index (κ1) is 16.2. The minimum atomic E-state index is -0.318. The Kier molecular flexibility index (Phi) is 4.61. The van der Waals surface area contributed by atoms with E-state index in [1.54, 1.807) is 36.4 Å². The van der Waals surface area contributed by atoms with Gasteiger partial charge in [0.15, 0.2) is 0 Å². The largest absolute Gasteiger partial charge is 0.277 e. The fourth-order valence-electron chi connectivity index (χ4n) is 2.37. The number of nitrogens with zero attached hydrogens (tertiary/aromatic N) is 2.